The molecule has 1 amide bonds. The van der Waals surface area contributed by atoms with Crippen molar-refractivity contribution in [1.82, 2.24) is 4.90 Å². The first-order valence-electron chi connectivity index (χ1n) is 8.99. The molecule has 1 saturated heterocycles. The minimum Gasteiger partial charge on any atom is -0.307 e. The number of fused-ring (bicyclic) bond motifs is 2. The number of para-hydroxylation sites is 1. The van der Waals surface area contributed by atoms with Crippen LogP contribution in [-0.2, 0) is 17.8 Å². The van der Waals surface area contributed by atoms with Crippen LogP contribution in [0.15, 0.2) is 48.5 Å². The number of amides is 1. The Kier molecular flexibility index (Phi) is 5.77. The van der Waals surface area contributed by atoms with Crippen LogP contribution in [0, 0.1) is 0 Å². The molecule has 0 aliphatic carbocycles. The number of rotatable bonds is 2. The molecule has 25 heavy (non-hydrogen) atoms. The number of hydrogen-bond acceptors (Lipinski definition) is 2. The molecule has 0 saturated carbocycles. The van der Waals surface area contributed by atoms with Crippen LogP contribution in [0.3, 0.4) is 0 Å². The summed E-state index contributed by atoms with van der Waals surface area (Å²) in [5.74, 6) is 0.223. The quantitative estimate of drug-likeness (QED) is 0.811. The molecule has 0 bridgehead atoms. The van der Waals surface area contributed by atoms with Crippen LogP contribution in [0.5, 0.6) is 0 Å². The van der Waals surface area contributed by atoms with Crippen LogP contribution in [0.2, 0.25) is 0 Å². The smallest absolute Gasteiger partial charge is 0.241 e. The molecular weight excluding hydrogens is 332 g/mol. The summed E-state index contributed by atoms with van der Waals surface area (Å²) in [5, 5.41) is 0. The molecule has 2 aliphatic heterocycles. The van der Waals surface area contributed by atoms with E-state index >= 15 is 0 Å². The van der Waals surface area contributed by atoms with Gasteiger partial charge in [0, 0.05) is 5.69 Å². The van der Waals surface area contributed by atoms with Crippen LogP contribution in [0.4, 0.5) is 5.69 Å². The fraction of sp³-hybridized carbons (Fsp3) is 0.381. The van der Waals surface area contributed by atoms with Gasteiger partial charge in [0.15, 0.2) is 0 Å². The topological polar surface area (TPSA) is 23.6 Å². The van der Waals surface area contributed by atoms with E-state index in [1.165, 1.54) is 36.0 Å². The molecular formula is C21H25ClN2O. The molecule has 4 rings (SSSR count). The summed E-state index contributed by atoms with van der Waals surface area (Å²) >= 11 is 0. The second-order valence-corrected chi connectivity index (χ2v) is 6.89. The number of likely N-dealkylation sites (tertiary alicyclic amines) is 1. The summed E-state index contributed by atoms with van der Waals surface area (Å²) in [6.45, 7) is 3.33. The van der Waals surface area contributed by atoms with E-state index in [-0.39, 0.29) is 18.3 Å². The van der Waals surface area contributed by atoms with Crippen molar-refractivity contribution in [1.29, 1.82) is 0 Å². The molecule has 2 aromatic rings. The van der Waals surface area contributed by atoms with Crippen LogP contribution in [0.1, 0.15) is 36.0 Å². The van der Waals surface area contributed by atoms with E-state index in [0.717, 1.165) is 25.2 Å². The van der Waals surface area contributed by atoms with Gasteiger partial charge >= 0.3 is 0 Å². The molecule has 2 aromatic carbocycles. The Morgan fingerprint density at radius 1 is 0.840 bits per heavy atom. The van der Waals surface area contributed by atoms with Gasteiger partial charge in [-0.15, -0.1) is 12.4 Å². The number of carbonyl (C=O) groups excluding carboxylic acids is 1. The number of nitrogens with zero attached hydrogens (tertiary/aromatic N) is 2. The van der Waals surface area contributed by atoms with E-state index in [2.05, 4.69) is 47.4 Å². The maximum atomic E-state index is 13.1. The van der Waals surface area contributed by atoms with Crippen molar-refractivity contribution in [2.75, 3.05) is 24.5 Å². The predicted molar refractivity (Wildman–Crippen MR) is 104 cm³/mol. The van der Waals surface area contributed by atoms with Crippen molar-refractivity contribution >= 4 is 24.0 Å². The highest BCUT2D eigenvalue weighted by Gasteiger charge is 2.25. The van der Waals surface area contributed by atoms with Gasteiger partial charge in [-0.1, -0.05) is 48.9 Å². The molecule has 0 spiro atoms. The monoisotopic (exact) mass is 356 g/mol. The normalized spacial score (nSPS) is 17.0. The third-order valence-electron chi connectivity index (χ3n) is 5.22. The van der Waals surface area contributed by atoms with E-state index in [1.54, 1.807) is 0 Å². The lowest BCUT2D eigenvalue weighted by Crippen LogP contribution is -2.42. The Labute approximate surface area is 156 Å². The molecule has 4 heteroatoms. The standard InChI is InChI=1S/C21H24N2O.ClH/c24-21(16-22-12-6-1-7-13-22)23-15-19-10-3-2-8-17(19)14-18-9-4-5-11-20(18)23;/h2-5,8-11H,1,6-7,12-16H2;1H. The lowest BCUT2D eigenvalue weighted by Gasteiger charge is -2.30. The van der Waals surface area contributed by atoms with Crippen molar-refractivity contribution in [3.05, 3.63) is 65.2 Å². The molecule has 0 unspecified atom stereocenters. The first-order valence-corrected chi connectivity index (χ1v) is 8.99. The SMILES string of the molecule is Cl.O=C(CN1CCCCC1)N1Cc2ccccc2Cc2ccccc21. The summed E-state index contributed by atoms with van der Waals surface area (Å²) in [4.78, 5) is 17.4. The predicted octanol–water partition coefficient (Wildman–Crippen LogP) is 4.03. The fourth-order valence-electron chi connectivity index (χ4n) is 3.89. The number of hydrogen-bond donors (Lipinski definition) is 0. The first-order chi connectivity index (χ1) is 11.8. The Morgan fingerprint density at radius 3 is 2.24 bits per heavy atom. The fourth-order valence-corrected chi connectivity index (χ4v) is 3.89. The molecule has 3 nitrogen and oxygen atoms in total. The van der Waals surface area contributed by atoms with Gasteiger partial charge in [-0.05, 0) is 55.1 Å². The Balaban J connectivity index is 0.00000182. The highest BCUT2D eigenvalue weighted by molar-refractivity contribution is 5.96. The van der Waals surface area contributed by atoms with E-state index in [1.807, 2.05) is 11.0 Å². The molecule has 0 aromatic heterocycles. The van der Waals surface area contributed by atoms with Gasteiger partial charge in [0.2, 0.25) is 5.91 Å². The minimum atomic E-state index is 0. The minimum absolute atomic E-state index is 0. The zero-order chi connectivity index (χ0) is 16.4. The van der Waals surface area contributed by atoms with Crippen molar-refractivity contribution < 1.29 is 4.79 Å². The van der Waals surface area contributed by atoms with E-state index in [0.29, 0.717) is 13.1 Å². The van der Waals surface area contributed by atoms with Crippen LogP contribution < -0.4 is 4.90 Å². The Bertz CT molecular complexity index is 740. The maximum Gasteiger partial charge on any atom is 0.241 e. The number of halogens is 1. The average molecular weight is 357 g/mol. The van der Waals surface area contributed by atoms with Gasteiger partial charge in [-0.2, -0.15) is 0 Å². The van der Waals surface area contributed by atoms with Crippen LogP contribution in [-0.4, -0.2) is 30.4 Å². The molecule has 0 N–H and O–H groups in total. The highest BCUT2D eigenvalue weighted by atomic mass is 35.5. The van der Waals surface area contributed by atoms with Crippen molar-refractivity contribution in [2.45, 2.75) is 32.2 Å². The van der Waals surface area contributed by atoms with Gasteiger partial charge in [0.05, 0.1) is 13.1 Å². The third-order valence-corrected chi connectivity index (χ3v) is 5.22. The zero-order valence-corrected chi connectivity index (χ0v) is 15.3. The first kappa shape index (κ1) is 18.0. The van der Waals surface area contributed by atoms with Crippen molar-refractivity contribution in [3.8, 4) is 0 Å². The lowest BCUT2D eigenvalue weighted by molar-refractivity contribution is -0.120. The third kappa shape index (κ3) is 3.88. The summed E-state index contributed by atoms with van der Waals surface area (Å²) in [6, 6.07) is 16.9. The molecule has 0 radical (unpaired) electrons. The van der Waals surface area contributed by atoms with Gasteiger partial charge in [0.1, 0.15) is 0 Å². The number of piperidine rings is 1. The summed E-state index contributed by atoms with van der Waals surface area (Å²) in [5.41, 5.74) is 4.92. The van der Waals surface area contributed by atoms with Crippen molar-refractivity contribution in [2.24, 2.45) is 0 Å². The maximum absolute atomic E-state index is 13.1. The average Bonchev–Trinajstić information content (AvgIpc) is 2.79. The summed E-state index contributed by atoms with van der Waals surface area (Å²) < 4.78 is 0. The largest absolute Gasteiger partial charge is 0.307 e. The highest BCUT2D eigenvalue weighted by Crippen LogP contribution is 2.30. The van der Waals surface area contributed by atoms with E-state index in [9.17, 15) is 4.79 Å². The molecule has 2 aliphatic rings. The van der Waals surface area contributed by atoms with E-state index < -0.39 is 0 Å². The second-order valence-electron chi connectivity index (χ2n) is 6.89. The summed E-state index contributed by atoms with van der Waals surface area (Å²) in [6.07, 6.45) is 4.63. The van der Waals surface area contributed by atoms with E-state index in [4.69, 9.17) is 0 Å². The summed E-state index contributed by atoms with van der Waals surface area (Å²) in [7, 11) is 0. The number of benzene rings is 2. The van der Waals surface area contributed by atoms with Gasteiger partial charge < -0.3 is 4.90 Å². The van der Waals surface area contributed by atoms with Crippen LogP contribution in [0.25, 0.3) is 0 Å². The Morgan fingerprint density at radius 2 is 1.48 bits per heavy atom. The molecule has 132 valence electrons. The molecule has 1 fully saturated rings. The number of anilines is 1. The molecule has 0 atom stereocenters. The van der Waals surface area contributed by atoms with Gasteiger partial charge in [-0.25, -0.2) is 0 Å². The zero-order valence-electron chi connectivity index (χ0n) is 14.5. The van der Waals surface area contributed by atoms with Gasteiger partial charge in [0.25, 0.3) is 0 Å². The van der Waals surface area contributed by atoms with Gasteiger partial charge in [-0.3, -0.25) is 9.69 Å². The molecule has 2 heterocycles. The van der Waals surface area contributed by atoms with Crippen molar-refractivity contribution in [3.63, 3.8) is 0 Å². The second kappa shape index (κ2) is 8.03. The number of carbonyl (C=O) groups is 1. The lowest BCUT2D eigenvalue weighted by atomic mass is 10.0. The van der Waals surface area contributed by atoms with Crippen LogP contribution >= 0.6 is 12.4 Å². The Hall–Kier alpha value is -1.84.